The molecule has 0 aliphatic heterocycles. The minimum atomic E-state index is -3.40. The highest BCUT2D eigenvalue weighted by atomic mass is 32.2. The number of rotatable bonds is 5. The molecule has 0 fully saturated rings. The molecular formula is C24H20N2O6S. The number of aromatic hydroxyl groups is 1. The molecule has 0 radical (unpaired) electrons. The van der Waals surface area contributed by atoms with Gasteiger partial charge in [-0.2, -0.15) is 0 Å². The molecule has 0 atom stereocenters. The van der Waals surface area contributed by atoms with Gasteiger partial charge in [0.05, 0.1) is 30.3 Å². The molecule has 0 aliphatic carbocycles. The molecule has 2 aromatic carbocycles. The van der Waals surface area contributed by atoms with Gasteiger partial charge >= 0.3 is 5.97 Å². The molecule has 0 amide bonds. The summed E-state index contributed by atoms with van der Waals surface area (Å²) < 4.78 is 29.8. The Labute approximate surface area is 189 Å². The Morgan fingerprint density at radius 3 is 2.36 bits per heavy atom. The number of esters is 1. The van der Waals surface area contributed by atoms with E-state index in [0.29, 0.717) is 11.1 Å². The highest BCUT2D eigenvalue weighted by Crippen LogP contribution is 2.30. The normalized spacial score (nSPS) is 11.5. The van der Waals surface area contributed by atoms with Crippen LogP contribution in [0.3, 0.4) is 0 Å². The smallest absolute Gasteiger partial charge is 0.360 e. The fraction of sp³-hybridized carbons (Fsp3) is 0.125. The quantitative estimate of drug-likeness (QED) is 0.452. The van der Waals surface area contributed by atoms with E-state index >= 15 is 0 Å². The van der Waals surface area contributed by atoms with Gasteiger partial charge in [-0.25, -0.2) is 18.2 Å². The maximum atomic E-state index is 13.5. The molecule has 0 saturated heterocycles. The third kappa shape index (κ3) is 4.22. The van der Waals surface area contributed by atoms with Gasteiger partial charge in [-0.15, -0.1) is 0 Å². The van der Waals surface area contributed by atoms with Crippen molar-refractivity contribution < 1.29 is 23.1 Å². The second-order valence-electron chi connectivity index (χ2n) is 7.48. The second kappa shape index (κ2) is 8.51. The standard InChI is InChI=1S/C24H20N2O6S/c1-32-24(29)21-22(27)19-12-18(16-8-10-17(11-9-16)33(2,30)31)23(28)26(20(19)13-25-21)14-15-6-4-3-5-7-15/h3-13,27H,14H2,1-2H3. The second-order valence-corrected chi connectivity index (χ2v) is 9.49. The Kier molecular flexibility index (Phi) is 5.73. The molecule has 0 saturated carbocycles. The van der Waals surface area contributed by atoms with Crippen molar-refractivity contribution in [3.8, 4) is 16.9 Å². The fourth-order valence-electron chi connectivity index (χ4n) is 3.58. The zero-order chi connectivity index (χ0) is 23.8. The van der Waals surface area contributed by atoms with Gasteiger partial charge in [0.15, 0.2) is 21.3 Å². The molecule has 2 aromatic heterocycles. The van der Waals surface area contributed by atoms with Crippen LogP contribution in [-0.4, -0.2) is 42.4 Å². The van der Waals surface area contributed by atoms with Crippen LogP contribution in [0, 0.1) is 0 Å². The van der Waals surface area contributed by atoms with Gasteiger partial charge in [-0.3, -0.25) is 4.79 Å². The van der Waals surface area contributed by atoms with Gasteiger partial charge in [0.2, 0.25) is 0 Å². The molecular weight excluding hydrogens is 444 g/mol. The molecule has 0 unspecified atom stereocenters. The maximum Gasteiger partial charge on any atom is 0.360 e. The van der Waals surface area contributed by atoms with Crippen molar-refractivity contribution in [2.75, 3.05) is 13.4 Å². The van der Waals surface area contributed by atoms with E-state index in [2.05, 4.69) is 9.72 Å². The van der Waals surface area contributed by atoms with Crippen LogP contribution in [0.25, 0.3) is 22.0 Å². The molecule has 168 valence electrons. The van der Waals surface area contributed by atoms with Crippen LogP contribution in [0.15, 0.2) is 76.6 Å². The monoisotopic (exact) mass is 464 g/mol. The first-order valence-electron chi connectivity index (χ1n) is 9.89. The Morgan fingerprint density at radius 1 is 1.09 bits per heavy atom. The maximum absolute atomic E-state index is 13.5. The van der Waals surface area contributed by atoms with Gasteiger partial charge in [-0.05, 0) is 29.3 Å². The first-order chi connectivity index (χ1) is 15.7. The summed E-state index contributed by atoms with van der Waals surface area (Å²) in [6, 6.07) is 16.7. The number of carbonyl (C=O) groups excluding carboxylic acids is 1. The summed E-state index contributed by atoms with van der Waals surface area (Å²) in [7, 11) is -2.22. The van der Waals surface area contributed by atoms with Crippen LogP contribution in [-0.2, 0) is 21.1 Å². The lowest BCUT2D eigenvalue weighted by molar-refractivity contribution is 0.0590. The molecule has 1 N–H and O–H groups in total. The largest absolute Gasteiger partial charge is 0.505 e. The molecule has 2 heterocycles. The van der Waals surface area contributed by atoms with Crippen LogP contribution in [0.4, 0.5) is 0 Å². The summed E-state index contributed by atoms with van der Waals surface area (Å²) in [6.45, 7) is 0.199. The number of pyridine rings is 2. The van der Waals surface area contributed by atoms with Gasteiger partial charge in [-0.1, -0.05) is 42.5 Å². The third-order valence-electron chi connectivity index (χ3n) is 5.28. The van der Waals surface area contributed by atoms with Crippen molar-refractivity contribution in [1.29, 1.82) is 0 Å². The van der Waals surface area contributed by atoms with E-state index in [4.69, 9.17) is 0 Å². The molecule has 0 aliphatic rings. The van der Waals surface area contributed by atoms with Crippen molar-refractivity contribution in [2.24, 2.45) is 0 Å². The SMILES string of the molecule is COC(=O)c1ncc2c(cc(-c3ccc(S(C)(=O)=O)cc3)c(=O)n2Cc2ccccc2)c1O. The summed E-state index contributed by atoms with van der Waals surface area (Å²) in [5.41, 5.74) is 1.26. The molecule has 4 aromatic rings. The number of nitrogens with zero attached hydrogens (tertiary/aromatic N) is 2. The lowest BCUT2D eigenvalue weighted by Gasteiger charge is -2.15. The molecule has 33 heavy (non-hydrogen) atoms. The molecule has 8 nitrogen and oxygen atoms in total. The van der Waals surface area contributed by atoms with E-state index in [0.717, 1.165) is 11.8 Å². The summed E-state index contributed by atoms with van der Waals surface area (Å²) >= 11 is 0. The first kappa shape index (κ1) is 22.2. The summed E-state index contributed by atoms with van der Waals surface area (Å²) in [6.07, 6.45) is 2.45. The number of sulfone groups is 1. The van der Waals surface area contributed by atoms with E-state index < -0.39 is 21.6 Å². The molecule has 0 bridgehead atoms. The first-order valence-corrected chi connectivity index (χ1v) is 11.8. The number of hydrogen-bond acceptors (Lipinski definition) is 7. The highest BCUT2D eigenvalue weighted by molar-refractivity contribution is 7.90. The number of aromatic nitrogens is 2. The highest BCUT2D eigenvalue weighted by Gasteiger charge is 2.21. The number of methoxy groups -OCH3 is 1. The number of ether oxygens (including phenoxy) is 1. The predicted octanol–water partition coefficient (Wildman–Crippen LogP) is 3.01. The number of benzene rings is 2. The minimum absolute atomic E-state index is 0.122. The average molecular weight is 464 g/mol. The van der Waals surface area contributed by atoms with Gasteiger partial charge < -0.3 is 14.4 Å². The summed E-state index contributed by atoms with van der Waals surface area (Å²) in [5.74, 6) is -1.22. The van der Waals surface area contributed by atoms with Crippen LogP contribution in [0.5, 0.6) is 5.75 Å². The van der Waals surface area contributed by atoms with E-state index in [1.54, 1.807) is 0 Å². The summed E-state index contributed by atoms with van der Waals surface area (Å²) in [4.78, 5) is 29.7. The minimum Gasteiger partial charge on any atom is -0.505 e. The lowest BCUT2D eigenvalue weighted by Crippen LogP contribution is -2.23. The van der Waals surface area contributed by atoms with Gasteiger partial charge in [0.1, 0.15) is 0 Å². The van der Waals surface area contributed by atoms with Crippen LogP contribution < -0.4 is 5.56 Å². The van der Waals surface area contributed by atoms with Crippen molar-refractivity contribution in [3.05, 3.63) is 88.5 Å². The number of carbonyl (C=O) groups is 1. The van der Waals surface area contributed by atoms with Crippen LogP contribution in [0.2, 0.25) is 0 Å². The van der Waals surface area contributed by atoms with Crippen LogP contribution >= 0.6 is 0 Å². The van der Waals surface area contributed by atoms with Crippen LogP contribution in [0.1, 0.15) is 16.1 Å². The number of hydrogen-bond donors (Lipinski definition) is 1. The Hall–Kier alpha value is -3.98. The zero-order valence-corrected chi connectivity index (χ0v) is 18.7. The summed E-state index contributed by atoms with van der Waals surface area (Å²) in [5, 5.41) is 11.0. The Bertz CT molecular complexity index is 1530. The molecule has 0 spiro atoms. The van der Waals surface area contributed by atoms with Gasteiger partial charge in [0, 0.05) is 17.2 Å². The zero-order valence-electron chi connectivity index (χ0n) is 17.8. The predicted molar refractivity (Wildman–Crippen MR) is 123 cm³/mol. The van der Waals surface area contributed by atoms with Crippen molar-refractivity contribution in [3.63, 3.8) is 0 Å². The lowest BCUT2D eigenvalue weighted by atomic mass is 10.0. The van der Waals surface area contributed by atoms with Gasteiger partial charge in [0.25, 0.3) is 5.56 Å². The van der Waals surface area contributed by atoms with Crippen molar-refractivity contribution in [2.45, 2.75) is 11.4 Å². The Morgan fingerprint density at radius 2 is 1.76 bits per heavy atom. The van der Waals surface area contributed by atoms with E-state index in [-0.39, 0.29) is 33.6 Å². The third-order valence-corrected chi connectivity index (χ3v) is 6.41. The molecule has 4 rings (SSSR count). The Balaban J connectivity index is 2.00. The fourth-order valence-corrected chi connectivity index (χ4v) is 4.21. The van der Waals surface area contributed by atoms with Crippen molar-refractivity contribution >= 4 is 26.7 Å². The average Bonchev–Trinajstić information content (AvgIpc) is 2.81. The van der Waals surface area contributed by atoms with Crippen molar-refractivity contribution in [1.82, 2.24) is 9.55 Å². The van der Waals surface area contributed by atoms with E-state index in [1.807, 2.05) is 30.3 Å². The van der Waals surface area contributed by atoms with E-state index in [1.165, 1.54) is 48.2 Å². The topological polar surface area (TPSA) is 116 Å². The van der Waals surface area contributed by atoms with E-state index in [9.17, 15) is 23.1 Å². The molecule has 9 heteroatoms. The number of fused-ring (bicyclic) bond motifs is 1.